The van der Waals surface area contributed by atoms with Gasteiger partial charge in [0.25, 0.3) is 0 Å². The zero-order chi connectivity index (χ0) is 14.7. The van der Waals surface area contributed by atoms with E-state index in [1.165, 1.54) is 43.5 Å². The lowest BCUT2D eigenvalue weighted by Gasteiger charge is -1.99. The molecular formula is C20H15N2+. The summed E-state index contributed by atoms with van der Waals surface area (Å²) in [6.45, 7) is 0. The Kier molecular flexibility index (Phi) is 2.18. The van der Waals surface area contributed by atoms with Crippen LogP contribution >= 0.6 is 0 Å². The van der Waals surface area contributed by atoms with Crippen molar-refractivity contribution in [2.45, 2.75) is 0 Å². The molecule has 1 N–H and O–H groups in total. The maximum Gasteiger partial charge on any atom is 0.214 e. The zero-order valence-corrected chi connectivity index (χ0v) is 12.3. The molecule has 2 heteroatoms. The van der Waals surface area contributed by atoms with E-state index >= 15 is 0 Å². The molecule has 2 nitrogen and oxygen atoms in total. The van der Waals surface area contributed by atoms with Crippen LogP contribution in [-0.4, -0.2) is 4.98 Å². The molecule has 0 saturated carbocycles. The predicted molar refractivity (Wildman–Crippen MR) is 92.0 cm³/mol. The number of benzene rings is 3. The van der Waals surface area contributed by atoms with Crippen LogP contribution in [0.5, 0.6) is 0 Å². The summed E-state index contributed by atoms with van der Waals surface area (Å²) in [6.07, 6.45) is 2.23. The minimum atomic E-state index is 1.20. The lowest BCUT2D eigenvalue weighted by Crippen LogP contribution is -2.28. The number of nitrogens with one attached hydrogen (secondary N) is 1. The Morgan fingerprint density at radius 3 is 2.36 bits per heavy atom. The molecule has 0 unspecified atom stereocenters. The molecule has 0 fully saturated rings. The molecular weight excluding hydrogens is 268 g/mol. The SMILES string of the molecule is C[n+]1cc2c3cc4ccccc4cc3[nH]c2c2ccccc21. The largest absolute Gasteiger partial charge is 0.354 e. The van der Waals surface area contributed by atoms with Gasteiger partial charge in [-0.05, 0) is 29.0 Å². The molecule has 0 aliphatic heterocycles. The lowest BCUT2D eigenvalue weighted by atomic mass is 10.1. The number of rotatable bonds is 0. The molecule has 0 aliphatic rings. The molecule has 0 saturated heterocycles. The molecule has 3 aromatic carbocycles. The third-order valence-electron chi connectivity index (χ3n) is 4.58. The number of H-pyrrole nitrogens is 1. The molecule has 5 aromatic rings. The lowest BCUT2D eigenvalue weighted by molar-refractivity contribution is -0.643. The van der Waals surface area contributed by atoms with Crippen molar-refractivity contribution in [3.05, 3.63) is 66.9 Å². The second kappa shape index (κ2) is 4.08. The maximum atomic E-state index is 3.63. The monoisotopic (exact) mass is 283 g/mol. The molecule has 0 bridgehead atoms. The van der Waals surface area contributed by atoms with E-state index in [1.807, 2.05) is 0 Å². The minimum absolute atomic E-state index is 1.20. The summed E-state index contributed by atoms with van der Waals surface area (Å²) in [4.78, 5) is 3.63. The third kappa shape index (κ3) is 1.47. The summed E-state index contributed by atoms with van der Waals surface area (Å²) in [5, 5.41) is 6.39. The van der Waals surface area contributed by atoms with Gasteiger partial charge in [-0.2, -0.15) is 0 Å². The van der Waals surface area contributed by atoms with Gasteiger partial charge in [0.2, 0.25) is 5.52 Å². The van der Waals surface area contributed by atoms with E-state index < -0.39 is 0 Å². The number of aromatic amines is 1. The van der Waals surface area contributed by atoms with Crippen LogP contribution in [0.15, 0.2) is 66.9 Å². The topological polar surface area (TPSA) is 19.7 Å². The van der Waals surface area contributed by atoms with Crippen LogP contribution < -0.4 is 4.57 Å². The number of pyridine rings is 1. The molecule has 0 radical (unpaired) electrons. The van der Waals surface area contributed by atoms with Crippen LogP contribution in [-0.2, 0) is 7.05 Å². The number of hydrogen-bond donors (Lipinski definition) is 1. The van der Waals surface area contributed by atoms with Crippen molar-refractivity contribution >= 4 is 43.5 Å². The van der Waals surface area contributed by atoms with Gasteiger partial charge in [0, 0.05) is 17.0 Å². The van der Waals surface area contributed by atoms with Gasteiger partial charge in [-0.1, -0.05) is 36.4 Å². The summed E-state index contributed by atoms with van der Waals surface area (Å²) in [6, 6.07) is 21.6. The Hall–Kier alpha value is -2.87. The number of para-hydroxylation sites is 1. The quantitative estimate of drug-likeness (QED) is 0.405. The Morgan fingerprint density at radius 2 is 1.50 bits per heavy atom. The van der Waals surface area contributed by atoms with E-state index in [-0.39, 0.29) is 0 Å². The highest BCUT2D eigenvalue weighted by atomic mass is 14.9. The Morgan fingerprint density at radius 1 is 0.773 bits per heavy atom. The van der Waals surface area contributed by atoms with Crippen molar-refractivity contribution in [3.8, 4) is 0 Å². The molecule has 2 heterocycles. The molecule has 0 atom stereocenters. The van der Waals surface area contributed by atoms with E-state index in [2.05, 4.69) is 83.5 Å². The number of hydrogen-bond acceptors (Lipinski definition) is 0. The number of aryl methyl sites for hydroxylation is 1. The highest BCUT2D eigenvalue weighted by Crippen LogP contribution is 2.31. The van der Waals surface area contributed by atoms with Gasteiger partial charge < -0.3 is 4.98 Å². The first-order chi connectivity index (χ1) is 10.8. The first kappa shape index (κ1) is 11.8. The third-order valence-corrected chi connectivity index (χ3v) is 4.58. The molecule has 0 aliphatic carbocycles. The van der Waals surface area contributed by atoms with Crippen LogP contribution in [0.4, 0.5) is 0 Å². The van der Waals surface area contributed by atoms with Crippen LogP contribution in [0.2, 0.25) is 0 Å². The van der Waals surface area contributed by atoms with Crippen molar-refractivity contribution in [1.29, 1.82) is 0 Å². The average molecular weight is 283 g/mol. The van der Waals surface area contributed by atoms with Crippen molar-refractivity contribution in [1.82, 2.24) is 4.98 Å². The van der Waals surface area contributed by atoms with Gasteiger partial charge in [-0.3, -0.25) is 0 Å². The molecule has 104 valence electrons. The van der Waals surface area contributed by atoms with E-state index in [1.54, 1.807) is 0 Å². The van der Waals surface area contributed by atoms with E-state index in [0.717, 1.165) is 0 Å². The predicted octanol–water partition coefficient (Wildman–Crippen LogP) is 4.45. The zero-order valence-electron chi connectivity index (χ0n) is 12.3. The first-order valence-corrected chi connectivity index (χ1v) is 7.53. The molecule has 22 heavy (non-hydrogen) atoms. The highest BCUT2D eigenvalue weighted by Gasteiger charge is 2.14. The summed E-state index contributed by atoms with van der Waals surface area (Å²) >= 11 is 0. The maximum absolute atomic E-state index is 3.63. The van der Waals surface area contributed by atoms with Gasteiger partial charge in [-0.25, -0.2) is 4.57 Å². The van der Waals surface area contributed by atoms with E-state index in [0.29, 0.717) is 0 Å². The van der Waals surface area contributed by atoms with Crippen molar-refractivity contribution < 1.29 is 4.57 Å². The number of aromatic nitrogens is 2. The van der Waals surface area contributed by atoms with Crippen molar-refractivity contribution in [2.75, 3.05) is 0 Å². The summed E-state index contributed by atoms with van der Waals surface area (Å²) in [5.74, 6) is 0. The Labute approximate surface area is 127 Å². The fourth-order valence-corrected chi connectivity index (χ4v) is 3.51. The number of nitrogens with zero attached hydrogens (tertiary/aromatic N) is 1. The van der Waals surface area contributed by atoms with Gasteiger partial charge in [0.15, 0.2) is 6.20 Å². The molecule has 0 amide bonds. The Balaban J connectivity index is 2.06. The van der Waals surface area contributed by atoms with Gasteiger partial charge >= 0.3 is 0 Å². The van der Waals surface area contributed by atoms with Gasteiger partial charge in [-0.15, -0.1) is 0 Å². The molecule has 2 aromatic heterocycles. The van der Waals surface area contributed by atoms with E-state index in [9.17, 15) is 0 Å². The van der Waals surface area contributed by atoms with Crippen molar-refractivity contribution in [3.63, 3.8) is 0 Å². The Bertz CT molecular complexity index is 1180. The first-order valence-electron chi connectivity index (χ1n) is 7.53. The molecule has 0 spiro atoms. The average Bonchev–Trinajstić information content (AvgIpc) is 2.91. The van der Waals surface area contributed by atoms with Crippen LogP contribution in [0.25, 0.3) is 43.5 Å². The standard InChI is InChI=1S/C20H14N2/c1-22-12-17-16-10-13-6-2-3-7-14(13)11-18(16)21-20(17)15-8-4-5-9-19(15)22/h2-12H,1H3/p+1. The van der Waals surface area contributed by atoms with Crippen LogP contribution in [0.1, 0.15) is 0 Å². The van der Waals surface area contributed by atoms with E-state index in [4.69, 9.17) is 0 Å². The number of fused-ring (bicyclic) bond motifs is 6. The van der Waals surface area contributed by atoms with Crippen molar-refractivity contribution in [2.24, 2.45) is 7.05 Å². The fourth-order valence-electron chi connectivity index (χ4n) is 3.51. The minimum Gasteiger partial charge on any atom is -0.354 e. The van der Waals surface area contributed by atoms with Crippen LogP contribution in [0, 0.1) is 0 Å². The van der Waals surface area contributed by atoms with Gasteiger partial charge in [0.05, 0.1) is 16.3 Å². The fraction of sp³-hybridized carbons (Fsp3) is 0.0500. The normalized spacial score (nSPS) is 11.9. The van der Waals surface area contributed by atoms with Crippen LogP contribution in [0.3, 0.4) is 0 Å². The summed E-state index contributed by atoms with van der Waals surface area (Å²) in [5.41, 5.74) is 3.66. The smallest absolute Gasteiger partial charge is 0.214 e. The summed E-state index contributed by atoms with van der Waals surface area (Å²) < 4.78 is 2.21. The van der Waals surface area contributed by atoms with Gasteiger partial charge in [0.1, 0.15) is 7.05 Å². The molecule has 5 rings (SSSR count). The highest BCUT2D eigenvalue weighted by molar-refractivity contribution is 6.17. The second-order valence-electron chi connectivity index (χ2n) is 5.92. The second-order valence-corrected chi connectivity index (χ2v) is 5.92. The summed E-state index contributed by atoms with van der Waals surface area (Å²) in [7, 11) is 2.11.